The van der Waals surface area contributed by atoms with Crippen LogP contribution >= 0.6 is 0 Å². The molecule has 0 fully saturated rings. The van der Waals surface area contributed by atoms with Crippen molar-refractivity contribution in [3.63, 3.8) is 0 Å². The molecule has 0 aromatic carbocycles. The van der Waals surface area contributed by atoms with Crippen LogP contribution in [0.5, 0.6) is 0 Å². The molecule has 0 saturated heterocycles. The number of alkyl halides is 3. The molecule has 3 N–H and O–H groups in total. The van der Waals surface area contributed by atoms with Crippen LogP contribution in [0.3, 0.4) is 0 Å². The van der Waals surface area contributed by atoms with Gasteiger partial charge >= 0.3 is 6.18 Å². The summed E-state index contributed by atoms with van der Waals surface area (Å²) in [7, 11) is 0. The Kier molecular flexibility index (Phi) is 9.74. The van der Waals surface area contributed by atoms with Crippen molar-refractivity contribution in [2.45, 2.75) is 60.8 Å². The number of nitrogens with one attached hydrogen (secondary N) is 1. The molecule has 0 aliphatic carbocycles. The van der Waals surface area contributed by atoms with E-state index < -0.39 is 11.7 Å². The van der Waals surface area contributed by atoms with Gasteiger partial charge in [-0.25, -0.2) is 24.9 Å². The van der Waals surface area contributed by atoms with Crippen molar-refractivity contribution in [3.05, 3.63) is 43.4 Å². The van der Waals surface area contributed by atoms with Gasteiger partial charge in [-0.2, -0.15) is 13.2 Å². The van der Waals surface area contributed by atoms with Crippen LogP contribution in [0, 0.1) is 0 Å². The van der Waals surface area contributed by atoms with Crippen LogP contribution in [0.2, 0.25) is 0 Å². The molecule has 4 aromatic rings. The van der Waals surface area contributed by atoms with E-state index >= 15 is 0 Å². The molecule has 4 heterocycles. The third-order valence-corrected chi connectivity index (χ3v) is 4.83. The summed E-state index contributed by atoms with van der Waals surface area (Å²) >= 11 is 0. The Balaban J connectivity index is 0.000000332. The average molecular weight is 494 g/mol. The number of imidazole rings is 1. The van der Waals surface area contributed by atoms with Gasteiger partial charge in [-0.3, -0.25) is 0 Å². The third kappa shape index (κ3) is 6.06. The SMILES string of the molecule is C.C.C=CCNc1ncnc2c1ncn2C(C)C.CC(C)n1cc(C(F)(F)F)c2c(N)ncnc21. The number of nitrogens with zero attached hydrogens (tertiary/aromatic N) is 7. The van der Waals surface area contributed by atoms with Crippen molar-refractivity contribution in [3.8, 4) is 0 Å². The Labute approximate surface area is 203 Å². The number of anilines is 2. The van der Waals surface area contributed by atoms with Crippen molar-refractivity contribution in [1.29, 1.82) is 0 Å². The van der Waals surface area contributed by atoms with Crippen LogP contribution in [0.15, 0.2) is 37.8 Å². The van der Waals surface area contributed by atoms with E-state index in [0.29, 0.717) is 12.6 Å². The fourth-order valence-electron chi connectivity index (χ4n) is 3.24. The van der Waals surface area contributed by atoms with Crippen LogP contribution < -0.4 is 11.1 Å². The molecule has 0 aliphatic heterocycles. The summed E-state index contributed by atoms with van der Waals surface area (Å²) in [5, 5.41) is 3.01. The first-order valence-electron chi connectivity index (χ1n) is 10.3. The highest BCUT2D eigenvalue weighted by Crippen LogP contribution is 2.38. The van der Waals surface area contributed by atoms with E-state index in [1.807, 2.05) is 4.57 Å². The zero-order valence-corrected chi connectivity index (χ0v) is 18.8. The Hall–Kier alpha value is -3.70. The molecule has 0 unspecified atom stereocenters. The quantitative estimate of drug-likeness (QED) is 0.333. The molecule has 0 bridgehead atoms. The van der Waals surface area contributed by atoms with Crippen LogP contribution in [0.1, 0.15) is 60.2 Å². The number of halogens is 3. The number of nitrogens with two attached hydrogens (primary N) is 1. The molecule has 4 aromatic heterocycles. The largest absolute Gasteiger partial charge is 0.418 e. The minimum Gasteiger partial charge on any atom is -0.383 e. The van der Waals surface area contributed by atoms with Crippen molar-refractivity contribution in [1.82, 2.24) is 34.1 Å². The van der Waals surface area contributed by atoms with E-state index in [4.69, 9.17) is 5.73 Å². The molecule has 0 aliphatic rings. The van der Waals surface area contributed by atoms with Crippen molar-refractivity contribution in [2.24, 2.45) is 0 Å². The van der Waals surface area contributed by atoms with Gasteiger partial charge in [0.05, 0.1) is 17.3 Å². The summed E-state index contributed by atoms with van der Waals surface area (Å²) in [6.45, 7) is 12.1. The van der Waals surface area contributed by atoms with E-state index in [1.165, 1.54) is 4.57 Å². The van der Waals surface area contributed by atoms with Gasteiger partial charge in [-0.05, 0) is 27.7 Å². The fraction of sp³-hybridized carbons (Fsp3) is 0.435. The predicted molar refractivity (Wildman–Crippen MR) is 135 cm³/mol. The van der Waals surface area contributed by atoms with Gasteiger partial charge < -0.3 is 20.2 Å². The van der Waals surface area contributed by atoms with E-state index in [9.17, 15) is 13.2 Å². The van der Waals surface area contributed by atoms with Gasteiger partial charge in [0.15, 0.2) is 11.5 Å². The predicted octanol–water partition coefficient (Wildman–Crippen LogP) is 5.89. The second-order valence-corrected chi connectivity index (χ2v) is 7.81. The van der Waals surface area contributed by atoms with E-state index in [-0.39, 0.29) is 37.7 Å². The molecule has 4 rings (SSSR count). The smallest absolute Gasteiger partial charge is 0.383 e. The topological polar surface area (TPSA) is 112 Å². The minimum absolute atomic E-state index is 0. The van der Waals surface area contributed by atoms with Crippen LogP contribution in [-0.4, -0.2) is 40.6 Å². The Morgan fingerprint density at radius 3 is 2.14 bits per heavy atom. The monoisotopic (exact) mass is 493 g/mol. The molecule has 9 nitrogen and oxygen atoms in total. The zero-order chi connectivity index (χ0) is 24.3. The van der Waals surface area contributed by atoms with Gasteiger partial charge in [0, 0.05) is 24.8 Å². The molecule has 0 amide bonds. The summed E-state index contributed by atoms with van der Waals surface area (Å²) < 4.78 is 42.0. The van der Waals surface area contributed by atoms with Crippen LogP contribution in [-0.2, 0) is 6.18 Å². The number of rotatable bonds is 5. The number of aromatic nitrogens is 7. The lowest BCUT2D eigenvalue weighted by Gasteiger charge is -2.07. The highest BCUT2D eigenvalue weighted by Gasteiger charge is 2.36. The average Bonchev–Trinajstić information content (AvgIpc) is 3.35. The van der Waals surface area contributed by atoms with E-state index in [2.05, 4.69) is 50.7 Å². The number of hydrogen-bond donors (Lipinski definition) is 2. The highest BCUT2D eigenvalue weighted by molar-refractivity contribution is 5.90. The van der Waals surface area contributed by atoms with Crippen LogP contribution in [0.25, 0.3) is 22.2 Å². The summed E-state index contributed by atoms with van der Waals surface area (Å²) in [5.41, 5.74) is 6.58. The molecule has 192 valence electrons. The summed E-state index contributed by atoms with van der Waals surface area (Å²) in [6.07, 6.45) is 2.86. The molecule has 12 heteroatoms. The zero-order valence-electron chi connectivity index (χ0n) is 18.8. The molecular weight excluding hydrogens is 459 g/mol. The summed E-state index contributed by atoms with van der Waals surface area (Å²) in [4.78, 5) is 20.2. The minimum atomic E-state index is -4.46. The Morgan fingerprint density at radius 1 is 0.971 bits per heavy atom. The second kappa shape index (κ2) is 11.6. The van der Waals surface area contributed by atoms with Gasteiger partial charge in [0.1, 0.15) is 29.6 Å². The van der Waals surface area contributed by atoms with Crippen LogP contribution in [0.4, 0.5) is 24.8 Å². The summed E-state index contributed by atoms with van der Waals surface area (Å²) in [6, 6.07) is 0.204. The maximum atomic E-state index is 12.9. The fourth-order valence-corrected chi connectivity index (χ4v) is 3.24. The standard InChI is InChI=1S/C11H15N5.C10H11F3N4.2CH4/c1-4-5-12-10-9-11(14-6-13-10)16(7-15-9)8(2)3;1-5(2)17-3-6(10(11,12)13)7-8(14)15-4-16-9(7)17;;/h4,6-8H,1,5H2,2-3H3,(H,12,13,14);3-5H,1-2H3,(H2,14,15,16);2*1H4. The van der Waals surface area contributed by atoms with E-state index in [1.54, 1.807) is 32.6 Å². The second-order valence-electron chi connectivity index (χ2n) is 7.81. The van der Waals surface area contributed by atoms with Crippen molar-refractivity contribution >= 4 is 33.8 Å². The molecule has 0 atom stereocenters. The lowest BCUT2D eigenvalue weighted by atomic mass is 10.2. The van der Waals surface area contributed by atoms with Gasteiger partial charge in [-0.1, -0.05) is 20.9 Å². The maximum absolute atomic E-state index is 12.9. The normalized spacial score (nSPS) is 11.1. The first-order valence-corrected chi connectivity index (χ1v) is 10.3. The Morgan fingerprint density at radius 2 is 1.57 bits per heavy atom. The lowest BCUT2D eigenvalue weighted by molar-refractivity contribution is -0.136. The Bertz CT molecular complexity index is 1260. The first-order chi connectivity index (χ1) is 15.6. The highest BCUT2D eigenvalue weighted by atomic mass is 19.4. The molecular formula is C23H34F3N9. The van der Waals surface area contributed by atoms with E-state index in [0.717, 1.165) is 29.5 Å². The number of nitrogen functional groups attached to an aromatic ring is 1. The number of fused-ring (bicyclic) bond motifs is 2. The molecule has 0 spiro atoms. The first kappa shape index (κ1) is 29.3. The lowest BCUT2D eigenvalue weighted by Crippen LogP contribution is -2.05. The molecule has 0 radical (unpaired) electrons. The van der Waals surface area contributed by atoms with Gasteiger partial charge in [0.25, 0.3) is 0 Å². The van der Waals surface area contributed by atoms with Crippen molar-refractivity contribution in [2.75, 3.05) is 17.6 Å². The van der Waals surface area contributed by atoms with Gasteiger partial charge in [0.2, 0.25) is 0 Å². The third-order valence-electron chi connectivity index (χ3n) is 4.83. The number of hydrogen-bond acceptors (Lipinski definition) is 7. The van der Waals surface area contributed by atoms with Crippen molar-refractivity contribution < 1.29 is 13.2 Å². The maximum Gasteiger partial charge on any atom is 0.418 e. The van der Waals surface area contributed by atoms with Gasteiger partial charge in [-0.15, -0.1) is 6.58 Å². The summed E-state index contributed by atoms with van der Waals surface area (Å²) in [5.74, 6) is 0.603. The molecule has 0 saturated carbocycles. The molecule has 35 heavy (non-hydrogen) atoms.